The fourth-order valence-corrected chi connectivity index (χ4v) is 4.74. The van der Waals surface area contributed by atoms with Crippen LogP contribution >= 0.6 is 11.6 Å². The zero-order valence-corrected chi connectivity index (χ0v) is 18.7. The standard InChI is InChI=1S/C24H21BClN3O4/c1-13-9-15-12-32-25(31)17(15)10-20(13)33-23-27-19-11-18(26)21(28-22(19)29-23)14-3-5-16(6-4-14)24(30)7-2-8-24/h3-6,9-11,30-31H,2,7-8,12H2,1H3,(H,27,28,29). The summed E-state index contributed by atoms with van der Waals surface area (Å²) in [5, 5.41) is 21.0. The average Bonchev–Trinajstić information content (AvgIpc) is 3.34. The van der Waals surface area contributed by atoms with Crippen LogP contribution in [0.5, 0.6) is 11.8 Å². The number of nitrogens with one attached hydrogen (secondary N) is 1. The number of benzene rings is 2. The van der Waals surface area contributed by atoms with Gasteiger partial charge in [-0.3, -0.25) is 0 Å². The van der Waals surface area contributed by atoms with E-state index in [4.69, 9.17) is 21.0 Å². The number of H-pyrrole nitrogens is 1. The number of rotatable bonds is 4. The van der Waals surface area contributed by atoms with Crippen LogP contribution < -0.4 is 10.2 Å². The Balaban J connectivity index is 1.31. The van der Waals surface area contributed by atoms with Crippen LogP contribution in [0.25, 0.3) is 22.4 Å². The van der Waals surface area contributed by atoms with Gasteiger partial charge in [0, 0.05) is 5.56 Å². The highest BCUT2D eigenvalue weighted by atomic mass is 35.5. The molecule has 0 radical (unpaired) electrons. The fraction of sp³-hybridized carbons (Fsp3) is 0.250. The number of imidazole rings is 1. The molecular formula is C24H21BClN3O4. The van der Waals surface area contributed by atoms with Crippen molar-refractivity contribution in [3.63, 3.8) is 0 Å². The van der Waals surface area contributed by atoms with Gasteiger partial charge in [-0.15, -0.1) is 0 Å². The summed E-state index contributed by atoms with van der Waals surface area (Å²) in [6.45, 7) is 2.31. The molecule has 166 valence electrons. The normalized spacial score (nSPS) is 16.7. The molecule has 9 heteroatoms. The molecule has 0 saturated heterocycles. The maximum atomic E-state index is 10.6. The van der Waals surface area contributed by atoms with Gasteiger partial charge in [-0.25, -0.2) is 4.98 Å². The van der Waals surface area contributed by atoms with Crippen molar-refractivity contribution >= 4 is 35.3 Å². The Morgan fingerprint density at radius 1 is 1.15 bits per heavy atom. The molecule has 1 fully saturated rings. The SMILES string of the molecule is Cc1cc2c(cc1Oc1nc3nc(-c4ccc(C5(O)CCC5)cc4)c(Cl)cc3[nH]1)B(O)OC2. The van der Waals surface area contributed by atoms with Gasteiger partial charge in [0.05, 0.1) is 28.4 Å². The number of aromatic amines is 1. The summed E-state index contributed by atoms with van der Waals surface area (Å²) in [6.07, 6.45) is 2.64. The zero-order valence-electron chi connectivity index (χ0n) is 17.9. The van der Waals surface area contributed by atoms with Gasteiger partial charge < -0.3 is 24.5 Å². The van der Waals surface area contributed by atoms with Gasteiger partial charge in [0.25, 0.3) is 0 Å². The van der Waals surface area contributed by atoms with Crippen molar-refractivity contribution < 1.29 is 19.5 Å². The molecule has 0 spiro atoms. The van der Waals surface area contributed by atoms with Gasteiger partial charge in [0.1, 0.15) is 5.75 Å². The molecule has 1 aliphatic heterocycles. The van der Waals surface area contributed by atoms with Gasteiger partial charge in [0.15, 0.2) is 5.65 Å². The van der Waals surface area contributed by atoms with Crippen molar-refractivity contribution in [3.05, 3.63) is 64.2 Å². The molecule has 33 heavy (non-hydrogen) atoms. The lowest BCUT2D eigenvalue weighted by atomic mass is 9.75. The largest absolute Gasteiger partial charge is 0.491 e. The van der Waals surface area contributed by atoms with Gasteiger partial charge in [-0.05, 0) is 60.5 Å². The van der Waals surface area contributed by atoms with E-state index in [0.717, 1.165) is 41.5 Å². The van der Waals surface area contributed by atoms with Gasteiger partial charge >= 0.3 is 13.1 Å². The minimum Gasteiger partial charge on any atom is -0.425 e. The highest BCUT2D eigenvalue weighted by molar-refractivity contribution is 6.61. The van der Waals surface area contributed by atoms with Crippen LogP contribution in [0.3, 0.4) is 0 Å². The van der Waals surface area contributed by atoms with Crippen LogP contribution in [0.15, 0.2) is 42.5 Å². The van der Waals surface area contributed by atoms with E-state index in [1.54, 1.807) is 12.1 Å². The molecule has 4 aromatic rings. The van der Waals surface area contributed by atoms with E-state index in [0.29, 0.717) is 39.7 Å². The van der Waals surface area contributed by atoms with Crippen LogP contribution in [-0.2, 0) is 16.9 Å². The second-order valence-electron chi connectivity index (χ2n) is 8.78. The molecule has 0 unspecified atom stereocenters. The second kappa shape index (κ2) is 7.57. The van der Waals surface area contributed by atoms with Crippen molar-refractivity contribution in [3.8, 4) is 23.0 Å². The number of aromatic nitrogens is 3. The first-order valence-corrected chi connectivity index (χ1v) is 11.3. The van der Waals surface area contributed by atoms with E-state index in [9.17, 15) is 10.1 Å². The Morgan fingerprint density at radius 2 is 1.94 bits per heavy atom. The predicted molar refractivity (Wildman–Crippen MR) is 126 cm³/mol. The molecule has 1 saturated carbocycles. The Kier molecular flexibility index (Phi) is 4.74. The molecule has 2 aliphatic rings. The molecule has 0 amide bonds. The number of ether oxygens (including phenoxy) is 1. The molecule has 1 aliphatic carbocycles. The third-order valence-corrected chi connectivity index (χ3v) is 6.88. The van der Waals surface area contributed by atoms with Crippen molar-refractivity contribution in [2.45, 2.75) is 38.4 Å². The predicted octanol–water partition coefficient (Wildman–Crippen LogP) is 3.97. The minimum absolute atomic E-state index is 0.282. The van der Waals surface area contributed by atoms with E-state index >= 15 is 0 Å². The first kappa shape index (κ1) is 20.7. The summed E-state index contributed by atoms with van der Waals surface area (Å²) in [5.41, 5.74) is 5.37. The van der Waals surface area contributed by atoms with Gasteiger partial charge in [-0.2, -0.15) is 4.98 Å². The third-order valence-electron chi connectivity index (χ3n) is 6.59. The van der Waals surface area contributed by atoms with E-state index in [1.807, 2.05) is 37.3 Å². The first-order chi connectivity index (χ1) is 15.9. The van der Waals surface area contributed by atoms with E-state index < -0.39 is 12.7 Å². The number of aliphatic hydroxyl groups is 1. The molecule has 0 atom stereocenters. The van der Waals surface area contributed by atoms with Crippen molar-refractivity contribution in [1.29, 1.82) is 0 Å². The summed E-state index contributed by atoms with van der Waals surface area (Å²) in [4.78, 5) is 12.2. The Bertz CT molecular complexity index is 1380. The average molecular weight is 462 g/mol. The number of hydrogen-bond acceptors (Lipinski definition) is 6. The summed E-state index contributed by atoms with van der Waals surface area (Å²) >= 11 is 6.54. The van der Waals surface area contributed by atoms with Gasteiger partial charge in [-0.1, -0.05) is 41.9 Å². The lowest BCUT2D eigenvalue weighted by Crippen LogP contribution is -2.33. The molecule has 6 rings (SSSR count). The zero-order chi connectivity index (χ0) is 22.7. The quantitative estimate of drug-likeness (QED) is 0.398. The molecule has 3 heterocycles. The van der Waals surface area contributed by atoms with Crippen molar-refractivity contribution in [2.24, 2.45) is 0 Å². The fourth-order valence-electron chi connectivity index (χ4n) is 4.48. The van der Waals surface area contributed by atoms with Crippen LogP contribution in [-0.4, -0.2) is 32.2 Å². The number of aryl methyl sites for hydroxylation is 1. The van der Waals surface area contributed by atoms with Crippen LogP contribution in [0.2, 0.25) is 5.02 Å². The highest BCUT2D eigenvalue weighted by Gasteiger charge is 2.36. The summed E-state index contributed by atoms with van der Waals surface area (Å²) < 4.78 is 11.3. The van der Waals surface area contributed by atoms with Crippen LogP contribution in [0.4, 0.5) is 0 Å². The monoisotopic (exact) mass is 461 g/mol. The number of halogens is 1. The van der Waals surface area contributed by atoms with Crippen molar-refractivity contribution in [1.82, 2.24) is 15.0 Å². The molecule has 0 bridgehead atoms. The van der Waals surface area contributed by atoms with E-state index in [1.165, 1.54) is 0 Å². The van der Waals surface area contributed by atoms with E-state index in [2.05, 4.69) is 15.0 Å². The minimum atomic E-state index is -0.946. The van der Waals surface area contributed by atoms with Crippen LogP contribution in [0.1, 0.15) is 36.0 Å². The Labute approximate surface area is 195 Å². The highest BCUT2D eigenvalue weighted by Crippen LogP contribution is 2.41. The number of fused-ring (bicyclic) bond motifs is 2. The van der Waals surface area contributed by atoms with E-state index in [-0.39, 0.29) is 6.01 Å². The third kappa shape index (κ3) is 3.50. The molecule has 3 N–H and O–H groups in total. The molecule has 2 aromatic heterocycles. The number of pyridine rings is 1. The molecule has 7 nitrogen and oxygen atoms in total. The first-order valence-electron chi connectivity index (χ1n) is 10.9. The second-order valence-corrected chi connectivity index (χ2v) is 9.18. The molecule has 2 aromatic carbocycles. The number of nitrogens with zero attached hydrogens (tertiary/aromatic N) is 2. The molecular weight excluding hydrogens is 441 g/mol. The number of hydrogen-bond donors (Lipinski definition) is 3. The lowest BCUT2D eigenvalue weighted by molar-refractivity contribution is -0.0387. The maximum absolute atomic E-state index is 10.6. The summed E-state index contributed by atoms with van der Waals surface area (Å²) in [7, 11) is -0.946. The van der Waals surface area contributed by atoms with Gasteiger partial charge in [0.2, 0.25) is 0 Å². The van der Waals surface area contributed by atoms with Crippen LogP contribution in [0, 0.1) is 6.92 Å². The maximum Gasteiger partial charge on any atom is 0.491 e. The Morgan fingerprint density at radius 3 is 2.67 bits per heavy atom. The topological polar surface area (TPSA) is 100 Å². The summed E-state index contributed by atoms with van der Waals surface area (Å²) in [6, 6.07) is 13.5. The van der Waals surface area contributed by atoms with Crippen molar-refractivity contribution in [2.75, 3.05) is 0 Å². The Hall–Kier alpha value is -2.91. The summed E-state index contributed by atoms with van der Waals surface area (Å²) in [5.74, 6) is 0.577. The lowest BCUT2D eigenvalue weighted by Gasteiger charge is -2.37. The smallest absolute Gasteiger partial charge is 0.425 e.